The van der Waals surface area contributed by atoms with Crippen molar-refractivity contribution in [1.82, 2.24) is 19.7 Å². The number of benzene rings is 1. The van der Waals surface area contributed by atoms with E-state index in [0.29, 0.717) is 5.75 Å². The number of piperidine rings is 1. The van der Waals surface area contributed by atoms with E-state index in [9.17, 15) is 4.79 Å². The lowest BCUT2D eigenvalue weighted by Crippen LogP contribution is -2.38. The van der Waals surface area contributed by atoms with E-state index >= 15 is 0 Å². The zero-order valence-electron chi connectivity index (χ0n) is 16.5. The molecule has 6 heteroatoms. The number of fused-ring (bicyclic) bond motifs is 1. The van der Waals surface area contributed by atoms with Gasteiger partial charge < -0.3 is 9.64 Å². The van der Waals surface area contributed by atoms with Gasteiger partial charge in [0.1, 0.15) is 11.3 Å². The molecule has 0 saturated carbocycles. The second kappa shape index (κ2) is 8.00. The standard InChI is InChI=1S/C22H26N4O2/c1-3-26-22-16(2)13-19(24-20(22)14-23-26)17-7-9-18(10-8-17)28-15-21(27)25-11-5-4-6-12-25/h7-10,13-14H,3-6,11-12,15H2,1-2H3. The van der Waals surface area contributed by atoms with Crippen LogP contribution in [-0.4, -0.2) is 45.3 Å². The monoisotopic (exact) mass is 378 g/mol. The predicted molar refractivity (Wildman–Crippen MR) is 109 cm³/mol. The van der Waals surface area contributed by atoms with Gasteiger partial charge in [0, 0.05) is 25.2 Å². The largest absolute Gasteiger partial charge is 0.484 e. The number of hydrogen-bond donors (Lipinski definition) is 0. The first-order valence-electron chi connectivity index (χ1n) is 10.00. The number of carbonyl (C=O) groups excluding carboxylic acids is 1. The summed E-state index contributed by atoms with van der Waals surface area (Å²) >= 11 is 0. The Bertz CT molecular complexity index is 972. The SMILES string of the molecule is CCn1ncc2nc(-c3ccc(OCC(=O)N4CCCCC4)cc3)cc(C)c21. The molecular weight excluding hydrogens is 352 g/mol. The first-order valence-corrected chi connectivity index (χ1v) is 10.00. The molecule has 3 heterocycles. The lowest BCUT2D eigenvalue weighted by Gasteiger charge is -2.26. The normalized spacial score (nSPS) is 14.4. The average molecular weight is 378 g/mol. The number of hydrogen-bond acceptors (Lipinski definition) is 4. The Morgan fingerprint density at radius 1 is 1.14 bits per heavy atom. The van der Waals surface area contributed by atoms with Crippen LogP contribution in [0.2, 0.25) is 0 Å². The first kappa shape index (κ1) is 18.5. The van der Waals surface area contributed by atoms with Gasteiger partial charge in [-0.3, -0.25) is 9.48 Å². The van der Waals surface area contributed by atoms with Crippen LogP contribution in [0.4, 0.5) is 0 Å². The lowest BCUT2D eigenvalue weighted by atomic mass is 10.1. The second-order valence-electron chi connectivity index (χ2n) is 7.27. The van der Waals surface area contributed by atoms with E-state index in [2.05, 4.69) is 25.0 Å². The summed E-state index contributed by atoms with van der Waals surface area (Å²) in [6.07, 6.45) is 5.21. The van der Waals surface area contributed by atoms with Crippen molar-refractivity contribution in [2.75, 3.05) is 19.7 Å². The molecule has 1 aliphatic rings. The van der Waals surface area contributed by atoms with Crippen LogP contribution in [0.3, 0.4) is 0 Å². The minimum atomic E-state index is 0.0689. The molecule has 1 aromatic carbocycles. The molecule has 1 saturated heterocycles. The fourth-order valence-electron chi connectivity index (χ4n) is 3.79. The van der Waals surface area contributed by atoms with Crippen molar-refractivity contribution in [1.29, 1.82) is 0 Å². The summed E-state index contributed by atoms with van der Waals surface area (Å²) in [5.41, 5.74) is 5.08. The summed E-state index contributed by atoms with van der Waals surface area (Å²) in [7, 11) is 0. The third-order valence-electron chi connectivity index (χ3n) is 5.31. The topological polar surface area (TPSA) is 60.2 Å². The zero-order chi connectivity index (χ0) is 19.5. The van der Waals surface area contributed by atoms with Crippen molar-refractivity contribution in [2.24, 2.45) is 0 Å². The molecule has 2 aromatic heterocycles. The highest BCUT2D eigenvalue weighted by atomic mass is 16.5. The van der Waals surface area contributed by atoms with Crippen LogP contribution >= 0.6 is 0 Å². The van der Waals surface area contributed by atoms with Gasteiger partial charge in [-0.15, -0.1) is 0 Å². The van der Waals surface area contributed by atoms with Gasteiger partial charge in [-0.2, -0.15) is 5.10 Å². The van der Waals surface area contributed by atoms with Crippen molar-refractivity contribution >= 4 is 16.9 Å². The van der Waals surface area contributed by atoms with E-state index in [4.69, 9.17) is 9.72 Å². The quantitative estimate of drug-likeness (QED) is 0.677. The summed E-state index contributed by atoms with van der Waals surface area (Å²) in [4.78, 5) is 18.9. The number of rotatable bonds is 5. The molecule has 0 atom stereocenters. The molecule has 0 unspecified atom stereocenters. The third-order valence-corrected chi connectivity index (χ3v) is 5.31. The van der Waals surface area contributed by atoms with Crippen LogP contribution in [0.1, 0.15) is 31.7 Å². The molecule has 0 spiro atoms. The van der Waals surface area contributed by atoms with Crippen LogP contribution in [0, 0.1) is 6.92 Å². The van der Waals surface area contributed by atoms with Crippen molar-refractivity contribution in [3.8, 4) is 17.0 Å². The summed E-state index contributed by atoms with van der Waals surface area (Å²) in [5.74, 6) is 0.769. The first-order chi connectivity index (χ1) is 13.7. The molecule has 1 aliphatic heterocycles. The van der Waals surface area contributed by atoms with Crippen molar-refractivity contribution in [3.05, 3.63) is 42.1 Å². The molecule has 1 amide bonds. The van der Waals surface area contributed by atoms with E-state index in [0.717, 1.165) is 60.3 Å². The van der Waals surface area contributed by atoms with Crippen molar-refractivity contribution in [3.63, 3.8) is 0 Å². The molecule has 3 aromatic rings. The minimum absolute atomic E-state index is 0.0689. The highest BCUT2D eigenvalue weighted by molar-refractivity contribution is 5.81. The van der Waals surface area contributed by atoms with Crippen LogP contribution in [0.25, 0.3) is 22.3 Å². The second-order valence-corrected chi connectivity index (χ2v) is 7.27. The summed E-state index contributed by atoms with van der Waals surface area (Å²) in [6.45, 7) is 6.79. The van der Waals surface area contributed by atoms with Crippen molar-refractivity contribution < 1.29 is 9.53 Å². The fourth-order valence-corrected chi connectivity index (χ4v) is 3.79. The Morgan fingerprint density at radius 2 is 1.89 bits per heavy atom. The van der Waals surface area contributed by atoms with Crippen LogP contribution in [-0.2, 0) is 11.3 Å². The number of aryl methyl sites for hydroxylation is 2. The summed E-state index contributed by atoms with van der Waals surface area (Å²) < 4.78 is 7.67. The van der Waals surface area contributed by atoms with Gasteiger partial charge in [-0.25, -0.2) is 4.98 Å². The Morgan fingerprint density at radius 3 is 2.61 bits per heavy atom. The van der Waals surface area contributed by atoms with E-state index in [1.165, 1.54) is 6.42 Å². The highest BCUT2D eigenvalue weighted by Gasteiger charge is 2.17. The van der Waals surface area contributed by atoms with Crippen molar-refractivity contribution in [2.45, 2.75) is 39.7 Å². The zero-order valence-corrected chi connectivity index (χ0v) is 16.5. The number of nitrogens with zero attached hydrogens (tertiary/aromatic N) is 4. The maximum atomic E-state index is 12.2. The molecule has 0 N–H and O–H groups in total. The molecule has 4 rings (SSSR count). The molecule has 28 heavy (non-hydrogen) atoms. The smallest absolute Gasteiger partial charge is 0.260 e. The van der Waals surface area contributed by atoms with Gasteiger partial charge in [-0.1, -0.05) is 0 Å². The van der Waals surface area contributed by atoms with Gasteiger partial charge in [0.2, 0.25) is 0 Å². The number of carbonyl (C=O) groups is 1. The number of likely N-dealkylation sites (tertiary alicyclic amines) is 1. The van der Waals surface area contributed by atoms with Gasteiger partial charge >= 0.3 is 0 Å². The number of pyridine rings is 1. The fraction of sp³-hybridized carbons (Fsp3) is 0.409. The lowest BCUT2D eigenvalue weighted by molar-refractivity contribution is -0.134. The molecule has 0 bridgehead atoms. The van der Waals surface area contributed by atoms with Crippen LogP contribution in [0.15, 0.2) is 36.5 Å². The highest BCUT2D eigenvalue weighted by Crippen LogP contribution is 2.26. The average Bonchev–Trinajstić information content (AvgIpc) is 3.17. The van der Waals surface area contributed by atoms with E-state index in [1.807, 2.05) is 40.0 Å². The van der Waals surface area contributed by atoms with Gasteiger partial charge in [0.05, 0.1) is 17.4 Å². The summed E-state index contributed by atoms with van der Waals surface area (Å²) in [6, 6.07) is 9.86. The van der Waals surface area contributed by atoms with Gasteiger partial charge in [0.25, 0.3) is 5.91 Å². The number of aromatic nitrogens is 3. The molecule has 146 valence electrons. The number of ether oxygens (including phenoxy) is 1. The van der Waals surface area contributed by atoms with Gasteiger partial charge in [-0.05, 0) is 69.0 Å². The molecular formula is C22H26N4O2. The summed E-state index contributed by atoms with van der Waals surface area (Å²) in [5, 5.41) is 4.40. The Labute approximate surface area is 165 Å². The molecule has 6 nitrogen and oxygen atoms in total. The molecule has 0 radical (unpaired) electrons. The maximum absolute atomic E-state index is 12.2. The molecule has 1 fully saturated rings. The van der Waals surface area contributed by atoms with E-state index in [-0.39, 0.29) is 12.5 Å². The van der Waals surface area contributed by atoms with Crippen LogP contribution in [0.5, 0.6) is 5.75 Å². The third kappa shape index (κ3) is 3.72. The van der Waals surface area contributed by atoms with E-state index < -0.39 is 0 Å². The maximum Gasteiger partial charge on any atom is 0.260 e. The van der Waals surface area contributed by atoms with Gasteiger partial charge in [0.15, 0.2) is 6.61 Å². The van der Waals surface area contributed by atoms with Crippen LogP contribution < -0.4 is 4.74 Å². The Hall–Kier alpha value is -2.89. The Balaban J connectivity index is 1.46. The minimum Gasteiger partial charge on any atom is -0.484 e. The molecule has 0 aliphatic carbocycles. The predicted octanol–water partition coefficient (Wildman–Crippen LogP) is 3.82. The Kier molecular flexibility index (Phi) is 5.28. The van der Waals surface area contributed by atoms with E-state index in [1.54, 1.807) is 0 Å². The number of amides is 1.